The van der Waals surface area contributed by atoms with E-state index in [-0.39, 0.29) is 11.4 Å². The van der Waals surface area contributed by atoms with Crippen molar-refractivity contribution >= 4 is 11.6 Å². The molecule has 0 saturated carbocycles. The van der Waals surface area contributed by atoms with E-state index in [2.05, 4.69) is 25.9 Å². The van der Waals surface area contributed by atoms with Gasteiger partial charge in [0.25, 0.3) is 5.91 Å². The Kier molecular flexibility index (Phi) is 4.76. The van der Waals surface area contributed by atoms with Crippen LogP contribution in [0.25, 0.3) is 11.3 Å². The van der Waals surface area contributed by atoms with Gasteiger partial charge < -0.3 is 9.47 Å². The third-order valence-electron chi connectivity index (χ3n) is 5.27. The number of ether oxygens (including phenoxy) is 2. The molecule has 1 aromatic carbocycles. The van der Waals surface area contributed by atoms with E-state index in [1.54, 1.807) is 25.3 Å². The molecule has 2 aromatic heterocycles. The molecule has 3 heterocycles. The predicted octanol–water partition coefficient (Wildman–Crippen LogP) is 4.19. The lowest BCUT2D eigenvalue weighted by molar-refractivity contribution is 0.0996. The number of pyridine rings is 1. The number of rotatable bonds is 4. The van der Waals surface area contributed by atoms with E-state index >= 15 is 0 Å². The highest BCUT2D eigenvalue weighted by Gasteiger charge is 2.33. The average Bonchev–Trinajstić information content (AvgIpc) is 3.32. The van der Waals surface area contributed by atoms with Gasteiger partial charge in [-0.25, -0.2) is 0 Å². The van der Waals surface area contributed by atoms with E-state index in [1.807, 2.05) is 42.1 Å². The first-order valence-electron chi connectivity index (χ1n) is 9.82. The van der Waals surface area contributed by atoms with Crippen molar-refractivity contribution in [2.75, 3.05) is 19.1 Å². The standard InChI is InChI=1S/C23H26N4O3/c1-14-7-19(15-8-17(29-5)10-18(9-15)30-6)25-20-13-26(22(28)21(14)20)16-11-24-27(12-16)23(2,3)4/h7-12H,13H2,1-6H3. The Morgan fingerprint density at radius 1 is 1.03 bits per heavy atom. The average molecular weight is 406 g/mol. The van der Waals surface area contributed by atoms with Crippen molar-refractivity contribution in [1.29, 1.82) is 0 Å². The van der Waals surface area contributed by atoms with Gasteiger partial charge in [0.15, 0.2) is 0 Å². The highest BCUT2D eigenvalue weighted by Crippen LogP contribution is 2.34. The van der Waals surface area contributed by atoms with Crippen LogP contribution in [0.5, 0.6) is 11.5 Å². The molecule has 1 aliphatic rings. The first kappa shape index (κ1) is 19.9. The van der Waals surface area contributed by atoms with Crippen molar-refractivity contribution in [3.63, 3.8) is 0 Å². The van der Waals surface area contributed by atoms with Gasteiger partial charge in [0.2, 0.25) is 0 Å². The largest absolute Gasteiger partial charge is 0.497 e. The number of benzene rings is 1. The summed E-state index contributed by atoms with van der Waals surface area (Å²) in [5, 5.41) is 4.43. The monoisotopic (exact) mass is 406 g/mol. The summed E-state index contributed by atoms with van der Waals surface area (Å²) in [6, 6.07) is 7.59. The van der Waals surface area contributed by atoms with E-state index in [0.717, 1.165) is 28.2 Å². The lowest BCUT2D eigenvalue weighted by atomic mass is 10.0. The topological polar surface area (TPSA) is 69.5 Å². The Hall–Kier alpha value is -3.35. The Morgan fingerprint density at radius 3 is 2.27 bits per heavy atom. The molecule has 0 fully saturated rings. The van der Waals surface area contributed by atoms with Crippen molar-refractivity contribution in [2.45, 2.75) is 39.8 Å². The smallest absolute Gasteiger partial charge is 0.260 e. The molecule has 0 aliphatic carbocycles. The molecule has 7 nitrogen and oxygen atoms in total. The van der Waals surface area contributed by atoms with E-state index in [9.17, 15) is 4.79 Å². The zero-order chi connectivity index (χ0) is 21.6. The molecule has 1 amide bonds. The van der Waals surface area contributed by atoms with Crippen LogP contribution in [0, 0.1) is 6.92 Å². The molecular formula is C23H26N4O3. The van der Waals surface area contributed by atoms with Gasteiger partial charge in [-0.1, -0.05) is 0 Å². The number of hydrogen-bond acceptors (Lipinski definition) is 5. The van der Waals surface area contributed by atoms with Crippen LogP contribution >= 0.6 is 0 Å². The van der Waals surface area contributed by atoms with Crippen molar-refractivity contribution in [3.8, 4) is 22.8 Å². The van der Waals surface area contributed by atoms with Crippen LogP contribution in [-0.4, -0.2) is 34.9 Å². The number of carbonyl (C=O) groups excluding carboxylic acids is 1. The predicted molar refractivity (Wildman–Crippen MR) is 115 cm³/mol. The second-order valence-corrected chi connectivity index (χ2v) is 8.45. The second kappa shape index (κ2) is 7.16. The number of aryl methyl sites for hydroxylation is 1. The molecular weight excluding hydrogens is 380 g/mol. The lowest BCUT2D eigenvalue weighted by Crippen LogP contribution is -2.24. The summed E-state index contributed by atoms with van der Waals surface area (Å²) in [6.45, 7) is 8.58. The number of fused-ring (bicyclic) bond motifs is 1. The number of aromatic nitrogens is 3. The van der Waals surface area contributed by atoms with E-state index in [1.165, 1.54) is 0 Å². The van der Waals surface area contributed by atoms with Crippen LogP contribution in [0.3, 0.4) is 0 Å². The minimum atomic E-state index is -0.152. The summed E-state index contributed by atoms with van der Waals surface area (Å²) >= 11 is 0. The highest BCUT2D eigenvalue weighted by atomic mass is 16.5. The summed E-state index contributed by atoms with van der Waals surface area (Å²) in [4.78, 5) is 19.7. The fourth-order valence-corrected chi connectivity index (χ4v) is 3.63. The Labute approximate surface area is 176 Å². The van der Waals surface area contributed by atoms with Gasteiger partial charge in [0.1, 0.15) is 11.5 Å². The number of methoxy groups -OCH3 is 2. The molecule has 0 radical (unpaired) electrons. The maximum Gasteiger partial charge on any atom is 0.260 e. The molecule has 0 unspecified atom stereocenters. The Morgan fingerprint density at radius 2 is 1.70 bits per heavy atom. The first-order chi connectivity index (χ1) is 14.2. The third-order valence-corrected chi connectivity index (χ3v) is 5.27. The molecule has 0 spiro atoms. The van der Waals surface area contributed by atoms with Gasteiger partial charge in [-0.3, -0.25) is 19.4 Å². The lowest BCUT2D eigenvalue weighted by Gasteiger charge is -2.19. The second-order valence-electron chi connectivity index (χ2n) is 8.45. The van der Waals surface area contributed by atoms with Gasteiger partial charge in [0, 0.05) is 17.8 Å². The van der Waals surface area contributed by atoms with Gasteiger partial charge in [-0.2, -0.15) is 5.10 Å². The number of carbonyl (C=O) groups is 1. The number of nitrogens with zero attached hydrogens (tertiary/aromatic N) is 4. The van der Waals surface area contributed by atoms with Gasteiger partial charge in [0.05, 0.1) is 55.1 Å². The molecule has 1 aliphatic heterocycles. The van der Waals surface area contributed by atoms with Crippen LogP contribution in [0.4, 0.5) is 5.69 Å². The van der Waals surface area contributed by atoms with Crippen LogP contribution in [0.15, 0.2) is 36.7 Å². The quantitative estimate of drug-likeness (QED) is 0.650. The number of hydrogen-bond donors (Lipinski definition) is 0. The molecule has 156 valence electrons. The van der Waals surface area contributed by atoms with E-state index < -0.39 is 0 Å². The Balaban J connectivity index is 1.72. The maximum atomic E-state index is 13.1. The molecule has 3 aromatic rings. The Bertz CT molecular complexity index is 1110. The van der Waals surface area contributed by atoms with E-state index in [0.29, 0.717) is 23.6 Å². The normalized spacial score (nSPS) is 13.5. The molecule has 30 heavy (non-hydrogen) atoms. The van der Waals surface area contributed by atoms with E-state index in [4.69, 9.17) is 14.5 Å². The fourth-order valence-electron chi connectivity index (χ4n) is 3.63. The maximum absolute atomic E-state index is 13.1. The third kappa shape index (κ3) is 3.40. The van der Waals surface area contributed by atoms with Gasteiger partial charge in [-0.15, -0.1) is 0 Å². The van der Waals surface area contributed by atoms with Crippen molar-refractivity contribution in [3.05, 3.63) is 53.5 Å². The van der Waals surface area contributed by atoms with Gasteiger partial charge in [-0.05, 0) is 51.5 Å². The van der Waals surface area contributed by atoms with Crippen molar-refractivity contribution < 1.29 is 14.3 Å². The van der Waals surface area contributed by atoms with Crippen molar-refractivity contribution in [2.24, 2.45) is 0 Å². The van der Waals surface area contributed by atoms with Crippen LogP contribution in [-0.2, 0) is 12.1 Å². The summed E-state index contributed by atoms with van der Waals surface area (Å²) in [5.41, 5.74) is 4.61. The van der Waals surface area contributed by atoms with Crippen LogP contribution < -0.4 is 14.4 Å². The summed E-state index contributed by atoms with van der Waals surface area (Å²) in [7, 11) is 3.24. The summed E-state index contributed by atoms with van der Waals surface area (Å²) in [5.74, 6) is 1.34. The molecule has 0 bridgehead atoms. The molecule has 7 heteroatoms. The summed E-state index contributed by atoms with van der Waals surface area (Å²) in [6.07, 6.45) is 3.64. The van der Waals surface area contributed by atoms with Crippen molar-refractivity contribution in [1.82, 2.24) is 14.8 Å². The molecule has 4 rings (SSSR count). The SMILES string of the molecule is COc1cc(OC)cc(-c2cc(C)c3c(n2)CN(c2cnn(C(C)(C)C)c2)C3=O)c1. The first-order valence-corrected chi connectivity index (χ1v) is 9.82. The molecule has 0 atom stereocenters. The zero-order valence-electron chi connectivity index (χ0n) is 18.2. The minimum absolute atomic E-state index is 0.0433. The van der Waals surface area contributed by atoms with Gasteiger partial charge >= 0.3 is 0 Å². The molecule has 0 N–H and O–H groups in total. The zero-order valence-corrected chi connectivity index (χ0v) is 18.2. The van der Waals surface area contributed by atoms with Crippen LogP contribution in [0.1, 0.15) is 42.4 Å². The summed E-state index contributed by atoms with van der Waals surface area (Å²) < 4.78 is 12.6. The van der Waals surface area contributed by atoms with Crippen LogP contribution in [0.2, 0.25) is 0 Å². The number of anilines is 1. The molecule has 0 saturated heterocycles. The highest BCUT2D eigenvalue weighted by molar-refractivity contribution is 6.10. The minimum Gasteiger partial charge on any atom is -0.497 e. The number of amides is 1. The fraction of sp³-hybridized carbons (Fsp3) is 0.348.